The molecular weight excluding hydrogens is 290 g/mol. The first-order valence-electron chi connectivity index (χ1n) is 6.73. The van der Waals surface area contributed by atoms with Gasteiger partial charge < -0.3 is 9.74 Å². The Hall–Kier alpha value is -1.00. The maximum atomic E-state index is 11.4. The van der Waals surface area contributed by atoms with E-state index in [1.54, 1.807) is 0 Å². The Morgan fingerprint density at radius 1 is 1.35 bits per heavy atom. The number of carbonyl (C=O) groups excluding carboxylic acids is 1. The molecule has 0 heterocycles. The van der Waals surface area contributed by atoms with Gasteiger partial charge in [0, 0.05) is 11.3 Å². The number of halogens is 1. The summed E-state index contributed by atoms with van der Waals surface area (Å²) in [6, 6.07) is 5.70. The van der Waals surface area contributed by atoms with E-state index in [9.17, 15) is 4.79 Å². The third-order valence-corrected chi connectivity index (χ3v) is 8.44. The van der Waals surface area contributed by atoms with Crippen molar-refractivity contribution >= 4 is 31.5 Å². The molecule has 1 aromatic rings. The molecule has 1 rings (SSSR count). The minimum absolute atomic E-state index is 0.0489. The minimum Gasteiger partial charge on any atom is -0.543 e. The summed E-state index contributed by atoms with van der Waals surface area (Å²) in [5.41, 5.74) is 1.70. The van der Waals surface area contributed by atoms with Gasteiger partial charge in [0.2, 0.25) is 14.2 Å². The minimum atomic E-state index is -1.89. The van der Waals surface area contributed by atoms with Crippen molar-refractivity contribution in [3.63, 3.8) is 0 Å². The second-order valence-corrected chi connectivity index (χ2v) is 11.5. The number of hydrogen-bond acceptors (Lipinski definition) is 2. The Bertz CT molecular complexity index is 495. The van der Waals surface area contributed by atoms with Crippen LogP contribution in [0.2, 0.25) is 18.1 Å². The van der Waals surface area contributed by atoms with Crippen LogP contribution in [-0.2, 0) is 4.79 Å². The molecule has 3 nitrogen and oxygen atoms in total. The molecule has 0 aliphatic carbocycles. The summed E-state index contributed by atoms with van der Waals surface area (Å²) in [6.07, 6.45) is 0. The SMILES string of the molecule is Cc1c(NC(=O)CCl)cccc1O[Si](C)(C)C(C)(C)C. The van der Waals surface area contributed by atoms with Crippen molar-refractivity contribution in [2.75, 3.05) is 11.2 Å². The van der Waals surface area contributed by atoms with Crippen molar-refractivity contribution < 1.29 is 9.22 Å². The standard InChI is InChI=1S/C15H24ClNO2Si/c1-11-12(17-14(18)10-16)8-7-9-13(11)19-20(5,6)15(2,3)4/h7-9H,10H2,1-6H3,(H,17,18). The number of alkyl halides is 1. The van der Waals surface area contributed by atoms with Crippen molar-refractivity contribution in [1.82, 2.24) is 0 Å². The fourth-order valence-corrected chi connectivity index (χ4v) is 2.62. The molecule has 112 valence electrons. The van der Waals surface area contributed by atoms with Crippen LogP contribution in [0.3, 0.4) is 0 Å². The van der Waals surface area contributed by atoms with E-state index in [2.05, 4.69) is 39.2 Å². The van der Waals surface area contributed by atoms with Crippen LogP contribution in [0.4, 0.5) is 5.69 Å². The maximum Gasteiger partial charge on any atom is 0.250 e. The van der Waals surface area contributed by atoms with Gasteiger partial charge in [-0.1, -0.05) is 26.8 Å². The number of nitrogens with one attached hydrogen (secondary N) is 1. The van der Waals surface area contributed by atoms with E-state index in [-0.39, 0.29) is 16.8 Å². The normalized spacial score (nSPS) is 12.2. The van der Waals surface area contributed by atoms with Crippen molar-refractivity contribution in [1.29, 1.82) is 0 Å². The van der Waals surface area contributed by atoms with Crippen molar-refractivity contribution in [3.8, 4) is 5.75 Å². The topological polar surface area (TPSA) is 38.3 Å². The van der Waals surface area contributed by atoms with Crippen molar-refractivity contribution in [3.05, 3.63) is 23.8 Å². The molecule has 0 bridgehead atoms. The van der Waals surface area contributed by atoms with Gasteiger partial charge in [-0.3, -0.25) is 4.79 Å². The number of amides is 1. The van der Waals surface area contributed by atoms with Gasteiger partial charge >= 0.3 is 0 Å². The molecular formula is C15H24ClNO2Si. The first-order valence-corrected chi connectivity index (χ1v) is 10.2. The summed E-state index contributed by atoms with van der Waals surface area (Å²) in [7, 11) is -1.89. The van der Waals surface area contributed by atoms with E-state index in [1.165, 1.54) is 0 Å². The molecule has 0 saturated heterocycles. The lowest BCUT2D eigenvalue weighted by molar-refractivity contribution is -0.113. The summed E-state index contributed by atoms with van der Waals surface area (Å²) in [4.78, 5) is 11.4. The van der Waals surface area contributed by atoms with E-state index >= 15 is 0 Å². The molecule has 20 heavy (non-hydrogen) atoms. The number of hydrogen-bond donors (Lipinski definition) is 1. The second-order valence-electron chi connectivity index (χ2n) is 6.47. The van der Waals surface area contributed by atoms with Crippen molar-refractivity contribution in [2.24, 2.45) is 0 Å². The Labute approximate surface area is 127 Å². The quantitative estimate of drug-likeness (QED) is 0.654. The van der Waals surface area contributed by atoms with Crippen LogP contribution in [0.15, 0.2) is 18.2 Å². The molecule has 0 aromatic heterocycles. The van der Waals surface area contributed by atoms with Gasteiger partial charge in [-0.15, -0.1) is 11.6 Å². The van der Waals surface area contributed by atoms with Crippen LogP contribution in [0, 0.1) is 6.92 Å². The average molecular weight is 314 g/mol. The second kappa shape index (κ2) is 6.18. The lowest BCUT2D eigenvalue weighted by atomic mass is 10.2. The summed E-state index contributed by atoms with van der Waals surface area (Å²) in [5.74, 6) is 0.579. The van der Waals surface area contributed by atoms with E-state index in [0.717, 1.165) is 17.0 Å². The zero-order chi connectivity index (χ0) is 15.6. The predicted octanol–water partition coefficient (Wildman–Crippen LogP) is 4.56. The van der Waals surface area contributed by atoms with E-state index in [1.807, 2.05) is 25.1 Å². The summed E-state index contributed by atoms with van der Waals surface area (Å²) in [5, 5.41) is 2.92. The fraction of sp³-hybridized carbons (Fsp3) is 0.533. The van der Waals surface area contributed by atoms with Crippen LogP contribution < -0.4 is 9.74 Å². The van der Waals surface area contributed by atoms with Gasteiger partial charge in [0.05, 0.1) is 0 Å². The highest BCUT2D eigenvalue weighted by Gasteiger charge is 2.39. The smallest absolute Gasteiger partial charge is 0.250 e. The molecule has 0 radical (unpaired) electrons. The fourth-order valence-electron chi connectivity index (χ4n) is 1.47. The van der Waals surface area contributed by atoms with Gasteiger partial charge in [0.15, 0.2) is 0 Å². The van der Waals surface area contributed by atoms with Crippen LogP contribution in [0.25, 0.3) is 0 Å². The lowest BCUT2D eigenvalue weighted by Gasteiger charge is -2.37. The molecule has 0 aliphatic rings. The molecule has 0 aliphatic heterocycles. The zero-order valence-electron chi connectivity index (χ0n) is 13.1. The Morgan fingerprint density at radius 3 is 2.45 bits per heavy atom. The molecule has 1 amide bonds. The zero-order valence-corrected chi connectivity index (χ0v) is 14.9. The van der Waals surface area contributed by atoms with Gasteiger partial charge in [-0.2, -0.15) is 0 Å². The van der Waals surface area contributed by atoms with E-state index in [4.69, 9.17) is 16.0 Å². The van der Waals surface area contributed by atoms with Gasteiger partial charge in [0.25, 0.3) is 0 Å². The Kier molecular flexibility index (Phi) is 5.27. The monoisotopic (exact) mass is 313 g/mol. The highest BCUT2D eigenvalue weighted by Crippen LogP contribution is 2.39. The summed E-state index contributed by atoms with van der Waals surface area (Å²) >= 11 is 5.52. The highest BCUT2D eigenvalue weighted by atomic mass is 35.5. The maximum absolute atomic E-state index is 11.4. The molecule has 0 saturated carbocycles. The molecule has 5 heteroatoms. The molecule has 0 spiro atoms. The molecule has 0 unspecified atom stereocenters. The summed E-state index contributed by atoms with van der Waals surface area (Å²) in [6.45, 7) is 13.0. The number of benzene rings is 1. The van der Waals surface area contributed by atoms with Crippen molar-refractivity contribution in [2.45, 2.75) is 45.8 Å². The Balaban J connectivity index is 3.04. The van der Waals surface area contributed by atoms with Crippen LogP contribution >= 0.6 is 11.6 Å². The molecule has 1 aromatic carbocycles. The third kappa shape index (κ3) is 3.99. The predicted molar refractivity (Wildman–Crippen MR) is 88.4 cm³/mol. The number of carbonyl (C=O) groups is 1. The number of anilines is 1. The molecule has 0 atom stereocenters. The van der Waals surface area contributed by atoms with E-state index < -0.39 is 8.32 Å². The largest absolute Gasteiger partial charge is 0.543 e. The third-order valence-electron chi connectivity index (χ3n) is 3.85. The lowest BCUT2D eigenvalue weighted by Crippen LogP contribution is -2.44. The average Bonchev–Trinajstić information content (AvgIpc) is 2.32. The molecule has 0 fully saturated rings. The summed E-state index contributed by atoms with van der Waals surface area (Å²) < 4.78 is 6.31. The van der Waals surface area contributed by atoms with Gasteiger partial charge in [0.1, 0.15) is 11.6 Å². The molecule has 1 N–H and O–H groups in total. The Morgan fingerprint density at radius 2 is 1.95 bits per heavy atom. The van der Waals surface area contributed by atoms with Crippen LogP contribution in [0.5, 0.6) is 5.75 Å². The van der Waals surface area contributed by atoms with Crippen LogP contribution in [0.1, 0.15) is 26.3 Å². The van der Waals surface area contributed by atoms with Gasteiger partial charge in [-0.25, -0.2) is 0 Å². The first-order chi connectivity index (χ1) is 9.08. The van der Waals surface area contributed by atoms with Gasteiger partial charge in [-0.05, 0) is 37.2 Å². The van der Waals surface area contributed by atoms with E-state index in [0.29, 0.717) is 0 Å². The highest BCUT2D eigenvalue weighted by molar-refractivity contribution is 6.74. The van der Waals surface area contributed by atoms with Crippen LogP contribution in [-0.4, -0.2) is 20.1 Å². The number of rotatable bonds is 4. The first kappa shape index (κ1) is 17.0.